The fraction of sp³-hybridized carbons (Fsp3) is 0.394. The van der Waals surface area contributed by atoms with Gasteiger partial charge in [0.25, 0.3) is 5.91 Å². The number of morpholine rings is 1. The second-order valence-corrected chi connectivity index (χ2v) is 11.4. The number of hydrogen-bond donors (Lipinski definition) is 1. The van der Waals surface area contributed by atoms with Crippen LogP contribution in [0.25, 0.3) is 0 Å². The minimum absolute atomic E-state index is 0.131. The number of nitrogens with zero attached hydrogens (tertiary/aromatic N) is 1. The summed E-state index contributed by atoms with van der Waals surface area (Å²) in [7, 11) is 0. The number of ether oxygens (including phenoxy) is 1. The van der Waals surface area contributed by atoms with E-state index in [2.05, 4.69) is 12.2 Å². The van der Waals surface area contributed by atoms with Crippen LogP contribution in [0.5, 0.6) is 0 Å². The summed E-state index contributed by atoms with van der Waals surface area (Å²) in [5.74, 6) is -0.316. The fourth-order valence-electron chi connectivity index (χ4n) is 5.26. The van der Waals surface area contributed by atoms with Crippen molar-refractivity contribution in [3.05, 3.63) is 105 Å². The molecule has 3 aromatic rings. The molecule has 0 bridgehead atoms. The van der Waals surface area contributed by atoms with Crippen LogP contribution in [0.4, 0.5) is 0 Å². The van der Waals surface area contributed by atoms with E-state index in [9.17, 15) is 9.59 Å². The maximum Gasteiger partial charge on any atom is 0.253 e. The Morgan fingerprint density at radius 3 is 2.08 bits per heavy atom. The molecule has 0 saturated carbocycles. The van der Waals surface area contributed by atoms with Gasteiger partial charge < -0.3 is 15.0 Å². The number of hydrogen-bond acceptors (Lipinski definition) is 3. The minimum Gasteiger partial charge on any atom is -0.358 e. The van der Waals surface area contributed by atoms with Crippen LogP contribution in [-0.2, 0) is 20.7 Å². The molecule has 212 valence electrons. The maximum absolute atomic E-state index is 14.4. The normalized spacial score (nSPS) is 19.9. The molecule has 1 saturated heterocycles. The minimum atomic E-state index is -0.755. The average molecular weight is 582 g/mol. The highest BCUT2D eigenvalue weighted by Crippen LogP contribution is 2.44. The summed E-state index contributed by atoms with van der Waals surface area (Å²) in [6.07, 6.45) is 2.27. The van der Waals surface area contributed by atoms with Crippen molar-refractivity contribution in [2.24, 2.45) is 0 Å². The Balaban J connectivity index is 1.83. The third-order valence-corrected chi connectivity index (χ3v) is 7.91. The maximum atomic E-state index is 14.4. The Morgan fingerprint density at radius 2 is 1.50 bits per heavy atom. The van der Waals surface area contributed by atoms with Gasteiger partial charge in [0.05, 0.1) is 6.04 Å². The lowest BCUT2D eigenvalue weighted by Gasteiger charge is -2.47. The Labute approximate surface area is 247 Å². The average Bonchev–Trinajstić information content (AvgIpc) is 2.95. The van der Waals surface area contributed by atoms with Crippen LogP contribution in [0.15, 0.2) is 72.8 Å². The summed E-state index contributed by atoms with van der Waals surface area (Å²) >= 11 is 12.5. The Morgan fingerprint density at radius 1 is 0.900 bits per heavy atom. The summed E-state index contributed by atoms with van der Waals surface area (Å²) in [6, 6.07) is 21.9. The molecule has 1 aliphatic heterocycles. The van der Waals surface area contributed by atoms with E-state index in [1.165, 1.54) is 0 Å². The number of benzene rings is 3. The van der Waals surface area contributed by atoms with E-state index < -0.39 is 24.3 Å². The molecule has 1 aliphatic rings. The fourth-order valence-corrected chi connectivity index (χ4v) is 5.52. The van der Waals surface area contributed by atoms with E-state index in [0.717, 1.165) is 41.5 Å². The van der Waals surface area contributed by atoms with Crippen molar-refractivity contribution in [1.29, 1.82) is 0 Å². The molecule has 1 N–H and O–H groups in total. The van der Waals surface area contributed by atoms with Gasteiger partial charge in [0.2, 0.25) is 5.91 Å². The van der Waals surface area contributed by atoms with Crippen molar-refractivity contribution in [3.63, 3.8) is 0 Å². The quantitative estimate of drug-likeness (QED) is 0.237. The Kier molecular flexibility index (Phi) is 10.7. The van der Waals surface area contributed by atoms with Crippen molar-refractivity contribution >= 4 is 35.0 Å². The monoisotopic (exact) mass is 580 g/mol. The molecule has 4 atom stereocenters. The first-order valence-corrected chi connectivity index (χ1v) is 14.9. The van der Waals surface area contributed by atoms with Crippen LogP contribution in [0, 0.1) is 6.92 Å². The summed E-state index contributed by atoms with van der Waals surface area (Å²) in [5.41, 5.74) is 3.89. The van der Waals surface area contributed by atoms with Gasteiger partial charge in [-0.1, -0.05) is 104 Å². The Bertz CT molecular complexity index is 1260. The van der Waals surface area contributed by atoms with Gasteiger partial charge in [-0.05, 0) is 60.7 Å². The van der Waals surface area contributed by atoms with Crippen LogP contribution in [0.2, 0.25) is 10.0 Å². The highest BCUT2D eigenvalue weighted by Gasteiger charge is 2.48. The van der Waals surface area contributed by atoms with E-state index in [1.54, 1.807) is 4.90 Å². The van der Waals surface area contributed by atoms with Crippen molar-refractivity contribution in [3.8, 4) is 0 Å². The molecule has 0 unspecified atom stereocenters. The number of carbonyl (C=O) groups excluding carboxylic acids is 2. The number of nitrogens with one attached hydrogen (secondary N) is 1. The lowest BCUT2D eigenvalue weighted by Crippen LogP contribution is -2.59. The zero-order valence-electron chi connectivity index (χ0n) is 23.4. The van der Waals surface area contributed by atoms with Crippen LogP contribution in [-0.4, -0.2) is 35.4 Å². The first kappa shape index (κ1) is 30.1. The van der Waals surface area contributed by atoms with E-state index in [1.807, 2.05) is 86.6 Å². The summed E-state index contributed by atoms with van der Waals surface area (Å²) in [6.45, 7) is 6.74. The third kappa shape index (κ3) is 7.25. The zero-order valence-corrected chi connectivity index (χ0v) is 24.9. The number of halogens is 2. The summed E-state index contributed by atoms with van der Waals surface area (Å²) in [5, 5.41) is 4.30. The second kappa shape index (κ2) is 14.2. The van der Waals surface area contributed by atoms with Crippen LogP contribution in [0.3, 0.4) is 0 Å². The van der Waals surface area contributed by atoms with E-state index in [4.69, 9.17) is 27.9 Å². The molecule has 7 heteroatoms. The van der Waals surface area contributed by atoms with Gasteiger partial charge in [-0.15, -0.1) is 0 Å². The van der Waals surface area contributed by atoms with Crippen LogP contribution in [0.1, 0.15) is 73.9 Å². The van der Waals surface area contributed by atoms with Gasteiger partial charge in [-0.25, -0.2) is 0 Å². The van der Waals surface area contributed by atoms with Crippen LogP contribution >= 0.6 is 23.2 Å². The number of amides is 2. The molecule has 0 spiro atoms. The first-order valence-electron chi connectivity index (χ1n) is 14.1. The summed E-state index contributed by atoms with van der Waals surface area (Å²) in [4.78, 5) is 29.9. The molecule has 4 rings (SSSR count). The molecular weight excluding hydrogens is 543 g/mol. The molecular formula is C33H38Cl2N2O3. The lowest BCUT2D eigenvalue weighted by atomic mass is 9.88. The molecule has 1 heterocycles. The van der Waals surface area contributed by atoms with Crippen molar-refractivity contribution in [1.82, 2.24) is 10.2 Å². The first-order chi connectivity index (χ1) is 19.3. The lowest BCUT2D eigenvalue weighted by molar-refractivity contribution is -0.181. The van der Waals surface area contributed by atoms with Crippen molar-refractivity contribution in [2.45, 2.75) is 77.2 Å². The number of unbranched alkanes of at least 4 members (excludes halogenated alkanes) is 1. The van der Waals surface area contributed by atoms with Crippen molar-refractivity contribution in [2.75, 3.05) is 6.54 Å². The highest BCUT2D eigenvalue weighted by molar-refractivity contribution is 6.30. The number of aryl methyl sites for hydroxylation is 1. The van der Waals surface area contributed by atoms with Gasteiger partial charge in [0.15, 0.2) is 0 Å². The highest BCUT2D eigenvalue weighted by atomic mass is 35.5. The van der Waals surface area contributed by atoms with Gasteiger partial charge >= 0.3 is 0 Å². The molecule has 0 aliphatic carbocycles. The molecule has 40 heavy (non-hydrogen) atoms. The topological polar surface area (TPSA) is 58.6 Å². The molecule has 3 aromatic carbocycles. The molecule has 1 fully saturated rings. The second-order valence-electron chi connectivity index (χ2n) is 10.5. The molecule has 0 radical (unpaired) electrons. The SMILES string of the molecule is CCCCNC(=O)[C@@H](CCC)N1C(=O)[C@H](Cc2ccc(C)cc2)O[C@@H](c2ccc(Cl)cc2)[C@H]1c1ccc(Cl)cc1. The third-order valence-electron chi connectivity index (χ3n) is 7.41. The van der Waals surface area contributed by atoms with Gasteiger partial charge in [0.1, 0.15) is 18.2 Å². The zero-order chi connectivity index (χ0) is 28.6. The van der Waals surface area contributed by atoms with Gasteiger partial charge in [-0.2, -0.15) is 0 Å². The molecule has 0 aromatic heterocycles. The predicted molar refractivity (Wildman–Crippen MR) is 162 cm³/mol. The number of rotatable bonds is 11. The number of carbonyl (C=O) groups is 2. The predicted octanol–water partition coefficient (Wildman–Crippen LogP) is 7.64. The smallest absolute Gasteiger partial charge is 0.253 e. The van der Waals surface area contributed by atoms with E-state index in [0.29, 0.717) is 29.4 Å². The Hall–Kier alpha value is -2.86. The van der Waals surface area contributed by atoms with Crippen LogP contribution < -0.4 is 5.32 Å². The molecule has 2 amide bonds. The standard InChI is InChI=1S/C33H38Cl2N2O3/c1-4-6-20-36-32(38)28(7-5-2)37-30(24-12-16-26(34)17-13-24)31(25-14-18-27(35)19-15-25)40-29(33(37)39)21-23-10-8-22(3)9-11-23/h8-19,28-31H,4-7,20-21H2,1-3H3,(H,36,38)/t28-,29+,30-,31+/m1/s1. The summed E-state index contributed by atoms with van der Waals surface area (Å²) < 4.78 is 6.69. The van der Waals surface area contributed by atoms with E-state index >= 15 is 0 Å². The largest absolute Gasteiger partial charge is 0.358 e. The van der Waals surface area contributed by atoms with Gasteiger partial charge in [0, 0.05) is 23.0 Å². The van der Waals surface area contributed by atoms with Gasteiger partial charge in [-0.3, -0.25) is 9.59 Å². The van der Waals surface area contributed by atoms with Crippen molar-refractivity contribution < 1.29 is 14.3 Å². The molecule has 5 nitrogen and oxygen atoms in total. The van der Waals surface area contributed by atoms with E-state index in [-0.39, 0.29) is 11.8 Å².